The van der Waals surface area contributed by atoms with Crippen LogP contribution in [0.25, 0.3) is 0 Å². The molecule has 1 N–H and O–H groups in total. The first-order valence-corrected chi connectivity index (χ1v) is 15.2. The number of aliphatic hydroxyl groups excluding tert-OH is 1. The van der Waals surface area contributed by atoms with Gasteiger partial charge in [-0.1, -0.05) is 32.0 Å². The van der Waals surface area contributed by atoms with Crippen molar-refractivity contribution in [3.05, 3.63) is 35.9 Å². The van der Waals surface area contributed by atoms with Gasteiger partial charge in [0.1, 0.15) is 12.2 Å². The molecule has 4 unspecified atom stereocenters. The van der Waals surface area contributed by atoms with Crippen LogP contribution in [-0.2, 0) is 23.7 Å². The maximum atomic E-state index is 13.5. The molecule has 10 rings (SSSR count). The lowest BCUT2D eigenvalue weighted by atomic mass is 9.42. The van der Waals surface area contributed by atoms with Crippen LogP contribution in [0, 0.1) is 40.4 Å². The summed E-state index contributed by atoms with van der Waals surface area (Å²) in [4.78, 5) is 13.5. The number of aliphatic hydroxyl groups is 1. The van der Waals surface area contributed by atoms with E-state index in [-0.39, 0.29) is 52.9 Å². The molecule has 1 aromatic rings. The third kappa shape index (κ3) is 3.98. The number of carbonyl (C=O) groups excluding carboxylic acids is 1. The molecule has 214 valence electrons. The van der Waals surface area contributed by atoms with Crippen LogP contribution in [0.15, 0.2) is 30.3 Å². The molecular weight excluding hydrogens is 496 g/mol. The second-order valence-corrected chi connectivity index (χ2v) is 13.8. The Kier molecular flexibility index (Phi) is 6.44. The zero-order valence-electron chi connectivity index (χ0n) is 23.6. The van der Waals surface area contributed by atoms with Gasteiger partial charge in [0.05, 0.1) is 44.2 Å². The number of ether oxygens (including phenoxy) is 5. The monoisotopic (exact) mass is 540 g/mol. The summed E-state index contributed by atoms with van der Waals surface area (Å²) in [6.45, 7) is 8.95. The molecule has 39 heavy (non-hydrogen) atoms. The molecule has 12 atom stereocenters. The average Bonchev–Trinajstić information content (AvgIpc) is 3.26. The van der Waals surface area contributed by atoms with E-state index in [0.29, 0.717) is 50.2 Å². The Hall–Kier alpha value is -1.51. The first kappa shape index (κ1) is 26.4. The van der Waals surface area contributed by atoms with Crippen molar-refractivity contribution < 1.29 is 33.6 Å². The Labute approximate surface area is 231 Å². The Bertz CT molecular complexity index is 1080. The summed E-state index contributed by atoms with van der Waals surface area (Å²) >= 11 is 0. The second-order valence-electron chi connectivity index (χ2n) is 13.8. The summed E-state index contributed by atoms with van der Waals surface area (Å²) in [7, 11) is 0. The third-order valence-electron chi connectivity index (χ3n) is 12.1. The molecule has 7 heteroatoms. The van der Waals surface area contributed by atoms with E-state index < -0.39 is 11.9 Å². The van der Waals surface area contributed by atoms with Gasteiger partial charge in [-0.05, 0) is 85.7 Å². The Morgan fingerprint density at radius 1 is 0.923 bits per heavy atom. The van der Waals surface area contributed by atoms with E-state index in [2.05, 4.69) is 20.8 Å². The molecule has 0 amide bonds. The summed E-state index contributed by atoms with van der Waals surface area (Å²) in [5, 5.41) is 12.1. The molecular formula is C32H44O7. The highest BCUT2D eigenvalue weighted by atomic mass is 16.7. The van der Waals surface area contributed by atoms with Crippen LogP contribution in [0.5, 0.6) is 0 Å². The number of esters is 1. The van der Waals surface area contributed by atoms with Crippen molar-refractivity contribution in [2.24, 2.45) is 40.4 Å². The number of hydrogen-bond donors (Lipinski definition) is 1. The largest absolute Gasteiger partial charge is 0.458 e. The highest BCUT2D eigenvalue weighted by Gasteiger charge is 2.69. The minimum Gasteiger partial charge on any atom is -0.458 e. The molecule has 9 fully saturated rings. The molecule has 1 aromatic carbocycles. The zero-order valence-corrected chi connectivity index (χ0v) is 23.6. The first-order chi connectivity index (χ1) is 18.8. The standard InChI is InChI=1S/C32H44O7/c1-19-22-9-10-23-27-25(39-29(34)20-7-5-4-6-8-20)15-21-16-32(37-13-11-35-19)26(36-12-14-38-32)18-30(21,2)28(27)24(33)17-31(22,23)3/h4-8,19,21-28,33H,9-18H2,1-3H3/t19?,21-,22-,23-,24-,25-,26?,27-,28?,30+,31-,32?/m1/s1. The summed E-state index contributed by atoms with van der Waals surface area (Å²) in [6, 6.07) is 9.32. The minimum absolute atomic E-state index is 0.0179. The Morgan fingerprint density at radius 2 is 1.64 bits per heavy atom. The molecule has 5 saturated heterocycles. The Morgan fingerprint density at radius 3 is 2.41 bits per heavy atom. The van der Waals surface area contributed by atoms with Crippen molar-refractivity contribution in [2.75, 3.05) is 26.4 Å². The highest BCUT2D eigenvalue weighted by molar-refractivity contribution is 5.89. The van der Waals surface area contributed by atoms with E-state index in [9.17, 15) is 9.90 Å². The molecule has 0 aromatic heterocycles. The number of benzene rings is 1. The number of hydrogen-bond acceptors (Lipinski definition) is 7. The number of rotatable bonds is 2. The van der Waals surface area contributed by atoms with E-state index in [1.165, 1.54) is 0 Å². The van der Waals surface area contributed by atoms with Crippen molar-refractivity contribution in [3.8, 4) is 0 Å². The quantitative estimate of drug-likeness (QED) is 0.549. The highest BCUT2D eigenvalue weighted by Crippen LogP contribution is 2.69. The maximum absolute atomic E-state index is 13.5. The Balaban J connectivity index is 1.33. The SMILES string of the molecule is CC1OCCOC23C[C@H]4C[C@@H](OC(=O)c5ccccc5)[C@@H]5C([C@H](O)C[C@]6(C)[C@@H]1CC[C@H]56)[C@@]4(C)CC2OCCO3. The lowest BCUT2D eigenvalue weighted by Gasteiger charge is -2.66. The summed E-state index contributed by atoms with van der Waals surface area (Å²) < 4.78 is 32.3. The van der Waals surface area contributed by atoms with Crippen LogP contribution in [0.4, 0.5) is 0 Å². The molecule has 4 saturated carbocycles. The molecule has 5 heterocycles. The van der Waals surface area contributed by atoms with Gasteiger partial charge in [-0.3, -0.25) is 0 Å². The van der Waals surface area contributed by atoms with Crippen molar-refractivity contribution in [3.63, 3.8) is 0 Å². The second kappa shape index (κ2) is 9.52. The van der Waals surface area contributed by atoms with Gasteiger partial charge < -0.3 is 28.8 Å². The van der Waals surface area contributed by atoms with E-state index in [1.807, 2.05) is 30.3 Å². The van der Waals surface area contributed by atoms with Crippen LogP contribution in [0.3, 0.4) is 0 Å². The van der Waals surface area contributed by atoms with Gasteiger partial charge in [-0.2, -0.15) is 0 Å². The molecule has 9 aliphatic rings. The van der Waals surface area contributed by atoms with Crippen LogP contribution < -0.4 is 0 Å². The summed E-state index contributed by atoms with van der Waals surface area (Å²) in [5.74, 6) is -0.113. The van der Waals surface area contributed by atoms with Crippen LogP contribution in [0.2, 0.25) is 0 Å². The van der Waals surface area contributed by atoms with E-state index in [1.54, 1.807) is 0 Å². The molecule has 4 aliphatic carbocycles. The minimum atomic E-state index is -0.826. The molecule has 1 spiro atoms. The topological polar surface area (TPSA) is 83.5 Å². The molecule has 8 bridgehead atoms. The van der Waals surface area contributed by atoms with Gasteiger partial charge >= 0.3 is 5.97 Å². The number of carbonyl (C=O) groups is 1. The fourth-order valence-corrected chi connectivity index (χ4v) is 10.5. The van der Waals surface area contributed by atoms with Crippen LogP contribution in [0.1, 0.15) is 69.7 Å². The predicted octanol–water partition coefficient (Wildman–Crippen LogP) is 4.61. The molecule has 5 aliphatic heterocycles. The van der Waals surface area contributed by atoms with E-state index >= 15 is 0 Å². The van der Waals surface area contributed by atoms with Gasteiger partial charge in [-0.25, -0.2) is 4.79 Å². The van der Waals surface area contributed by atoms with Crippen LogP contribution in [-0.4, -0.2) is 67.7 Å². The van der Waals surface area contributed by atoms with Crippen molar-refractivity contribution in [2.45, 2.75) is 89.5 Å². The van der Waals surface area contributed by atoms with Crippen molar-refractivity contribution in [1.82, 2.24) is 0 Å². The number of fused-ring (bicyclic) bond motifs is 1. The van der Waals surface area contributed by atoms with E-state index in [4.69, 9.17) is 23.7 Å². The van der Waals surface area contributed by atoms with Gasteiger partial charge in [0.15, 0.2) is 5.79 Å². The lowest BCUT2D eigenvalue weighted by molar-refractivity contribution is -0.368. The summed E-state index contributed by atoms with van der Waals surface area (Å²) in [5.41, 5.74) is 0.340. The predicted molar refractivity (Wildman–Crippen MR) is 143 cm³/mol. The summed E-state index contributed by atoms with van der Waals surface area (Å²) in [6.07, 6.45) is 4.24. The lowest BCUT2D eigenvalue weighted by Crippen LogP contribution is -2.69. The van der Waals surface area contributed by atoms with E-state index in [0.717, 1.165) is 32.1 Å². The van der Waals surface area contributed by atoms with Gasteiger partial charge in [0.2, 0.25) is 0 Å². The third-order valence-corrected chi connectivity index (χ3v) is 12.1. The van der Waals surface area contributed by atoms with Gasteiger partial charge in [0.25, 0.3) is 0 Å². The zero-order chi connectivity index (χ0) is 27.0. The smallest absolute Gasteiger partial charge is 0.338 e. The van der Waals surface area contributed by atoms with Crippen molar-refractivity contribution >= 4 is 5.97 Å². The average molecular weight is 541 g/mol. The van der Waals surface area contributed by atoms with Gasteiger partial charge in [-0.15, -0.1) is 0 Å². The van der Waals surface area contributed by atoms with Crippen molar-refractivity contribution in [1.29, 1.82) is 0 Å². The van der Waals surface area contributed by atoms with Crippen LogP contribution >= 0.6 is 0 Å². The van der Waals surface area contributed by atoms with Gasteiger partial charge in [0, 0.05) is 12.3 Å². The maximum Gasteiger partial charge on any atom is 0.338 e. The normalized spacial score (nSPS) is 50.8. The fourth-order valence-electron chi connectivity index (χ4n) is 10.5. The molecule has 7 nitrogen and oxygen atoms in total. The fraction of sp³-hybridized carbons (Fsp3) is 0.781. The molecule has 0 radical (unpaired) electrons. The first-order valence-electron chi connectivity index (χ1n) is 15.2.